The molecule has 136 valence electrons. The molecule has 4 rings (SSSR count). The van der Waals surface area contributed by atoms with Crippen molar-refractivity contribution in [1.82, 2.24) is 15.3 Å². The Balaban J connectivity index is 1.32. The summed E-state index contributed by atoms with van der Waals surface area (Å²) in [4.78, 5) is 23.1. The molecule has 2 saturated heterocycles. The minimum atomic E-state index is -0.387. The summed E-state index contributed by atoms with van der Waals surface area (Å²) in [6.45, 7) is 3.42. The third kappa shape index (κ3) is 3.68. The van der Waals surface area contributed by atoms with E-state index in [1.54, 1.807) is 12.4 Å². The number of nitrogens with one attached hydrogen (secondary N) is 1. The number of nitrogens with zero attached hydrogens (tertiary/aromatic N) is 3. The summed E-state index contributed by atoms with van der Waals surface area (Å²) in [5.74, 6) is 0.334. The van der Waals surface area contributed by atoms with Crippen LogP contribution in [0.25, 0.3) is 0 Å². The summed E-state index contributed by atoms with van der Waals surface area (Å²) < 4.78 is 11.5. The number of aromatic nitrogens is 2. The van der Waals surface area contributed by atoms with E-state index < -0.39 is 0 Å². The lowest BCUT2D eigenvalue weighted by molar-refractivity contribution is -0.169. The highest BCUT2D eigenvalue weighted by atomic mass is 16.7. The fourth-order valence-electron chi connectivity index (χ4n) is 3.35. The summed E-state index contributed by atoms with van der Waals surface area (Å²) in [5.41, 5.74) is 1.37. The van der Waals surface area contributed by atoms with E-state index >= 15 is 0 Å². The fourth-order valence-corrected chi connectivity index (χ4v) is 3.35. The molecule has 0 radical (unpaired) electrons. The van der Waals surface area contributed by atoms with Crippen molar-refractivity contribution in [1.29, 1.82) is 0 Å². The lowest BCUT2D eigenvalue weighted by Crippen LogP contribution is -2.45. The van der Waals surface area contributed by atoms with E-state index in [1.165, 1.54) is 0 Å². The van der Waals surface area contributed by atoms with Crippen LogP contribution in [-0.4, -0.2) is 48.0 Å². The van der Waals surface area contributed by atoms with Crippen molar-refractivity contribution in [3.05, 3.63) is 54.0 Å². The zero-order valence-corrected chi connectivity index (χ0v) is 14.6. The normalized spacial score (nSPS) is 18.8. The first-order valence-corrected chi connectivity index (χ1v) is 8.91. The molecule has 2 aromatic heterocycles. The molecular weight excluding hydrogens is 332 g/mol. The first-order valence-electron chi connectivity index (χ1n) is 8.91. The van der Waals surface area contributed by atoms with Crippen LogP contribution in [-0.2, 0) is 16.0 Å². The van der Waals surface area contributed by atoms with Crippen LogP contribution in [0, 0.1) is 0 Å². The largest absolute Gasteiger partial charge is 0.356 e. The number of hydrogen-bond acceptors (Lipinski definition) is 6. The van der Waals surface area contributed by atoms with Gasteiger partial charge in [0.2, 0.25) is 0 Å². The Morgan fingerprint density at radius 1 is 1.12 bits per heavy atom. The van der Waals surface area contributed by atoms with Gasteiger partial charge in [-0.15, -0.1) is 0 Å². The number of carbonyl (C=O) groups is 1. The molecule has 0 aromatic carbocycles. The predicted molar refractivity (Wildman–Crippen MR) is 95.7 cm³/mol. The molecule has 2 fully saturated rings. The smallest absolute Gasteiger partial charge is 0.253 e. The molecule has 7 heteroatoms. The van der Waals surface area contributed by atoms with Crippen LogP contribution in [0.3, 0.4) is 0 Å². The average Bonchev–Trinajstić information content (AvgIpc) is 3.16. The van der Waals surface area contributed by atoms with E-state index in [0.29, 0.717) is 25.3 Å². The lowest BCUT2D eigenvalue weighted by atomic mass is 10.0. The Kier molecular flexibility index (Phi) is 4.81. The molecule has 7 nitrogen and oxygen atoms in total. The van der Waals surface area contributed by atoms with E-state index in [0.717, 1.165) is 37.4 Å². The first-order chi connectivity index (χ1) is 12.7. The van der Waals surface area contributed by atoms with E-state index in [4.69, 9.17) is 9.47 Å². The molecule has 2 aromatic rings. The van der Waals surface area contributed by atoms with Gasteiger partial charge in [-0.3, -0.25) is 9.78 Å². The molecule has 0 bridgehead atoms. The average molecular weight is 354 g/mol. The molecular formula is C19H22N4O3. The minimum Gasteiger partial charge on any atom is -0.356 e. The number of ether oxygens (including phenoxy) is 2. The Hall–Kier alpha value is -2.51. The Morgan fingerprint density at radius 3 is 2.58 bits per heavy atom. The van der Waals surface area contributed by atoms with Gasteiger partial charge in [0.1, 0.15) is 5.82 Å². The highest BCUT2D eigenvalue weighted by molar-refractivity contribution is 5.93. The third-order valence-electron chi connectivity index (χ3n) is 4.83. The topological polar surface area (TPSA) is 76.6 Å². The second kappa shape index (κ2) is 7.39. The van der Waals surface area contributed by atoms with Gasteiger partial charge in [-0.05, 0) is 24.3 Å². The summed E-state index contributed by atoms with van der Waals surface area (Å²) in [5, 5.41) is 2.86. The fraction of sp³-hybridized carbons (Fsp3) is 0.421. The number of carbonyl (C=O) groups excluding carboxylic acids is 1. The first kappa shape index (κ1) is 16.9. The third-order valence-corrected chi connectivity index (χ3v) is 4.83. The second-order valence-corrected chi connectivity index (χ2v) is 6.50. The molecule has 2 aliphatic rings. The lowest BCUT2D eigenvalue weighted by Gasteiger charge is -2.38. The van der Waals surface area contributed by atoms with Crippen LogP contribution >= 0.6 is 0 Å². The number of anilines is 1. The van der Waals surface area contributed by atoms with Gasteiger partial charge in [0.15, 0.2) is 5.79 Å². The van der Waals surface area contributed by atoms with Crippen LogP contribution in [0.1, 0.15) is 28.9 Å². The van der Waals surface area contributed by atoms with Gasteiger partial charge < -0.3 is 19.7 Å². The molecule has 0 saturated carbocycles. The van der Waals surface area contributed by atoms with Crippen molar-refractivity contribution in [2.45, 2.75) is 25.2 Å². The van der Waals surface area contributed by atoms with Gasteiger partial charge in [0.25, 0.3) is 5.91 Å². The maximum Gasteiger partial charge on any atom is 0.253 e. The molecule has 1 amide bonds. The van der Waals surface area contributed by atoms with Crippen molar-refractivity contribution in [3.63, 3.8) is 0 Å². The maximum absolute atomic E-state index is 12.2. The van der Waals surface area contributed by atoms with Gasteiger partial charge in [-0.2, -0.15) is 0 Å². The van der Waals surface area contributed by atoms with Crippen LogP contribution in [0.5, 0.6) is 0 Å². The van der Waals surface area contributed by atoms with Crippen LogP contribution in [0.4, 0.5) is 5.82 Å². The van der Waals surface area contributed by atoms with E-state index in [2.05, 4.69) is 20.2 Å². The maximum atomic E-state index is 12.2. The number of piperidine rings is 1. The molecule has 1 N–H and O–H groups in total. The molecule has 0 atom stereocenters. The van der Waals surface area contributed by atoms with Crippen LogP contribution in [0.2, 0.25) is 0 Å². The quantitative estimate of drug-likeness (QED) is 0.901. The molecule has 2 aliphatic heterocycles. The minimum absolute atomic E-state index is 0.153. The van der Waals surface area contributed by atoms with Crippen LogP contribution < -0.4 is 10.2 Å². The van der Waals surface area contributed by atoms with Crippen molar-refractivity contribution >= 4 is 11.7 Å². The zero-order valence-electron chi connectivity index (χ0n) is 14.6. The van der Waals surface area contributed by atoms with Crippen molar-refractivity contribution < 1.29 is 14.3 Å². The second-order valence-electron chi connectivity index (χ2n) is 6.50. The Bertz CT molecular complexity index is 735. The van der Waals surface area contributed by atoms with Gasteiger partial charge in [0, 0.05) is 38.3 Å². The van der Waals surface area contributed by atoms with Gasteiger partial charge in [-0.1, -0.05) is 6.07 Å². The highest BCUT2D eigenvalue weighted by Crippen LogP contribution is 2.32. The monoisotopic (exact) mass is 354 g/mol. The van der Waals surface area contributed by atoms with Crippen molar-refractivity contribution in [3.8, 4) is 0 Å². The summed E-state index contributed by atoms with van der Waals surface area (Å²) >= 11 is 0. The Morgan fingerprint density at radius 2 is 1.92 bits per heavy atom. The summed E-state index contributed by atoms with van der Waals surface area (Å²) in [6.07, 6.45) is 5.00. The van der Waals surface area contributed by atoms with Gasteiger partial charge in [0.05, 0.1) is 31.0 Å². The zero-order chi connectivity index (χ0) is 17.8. The van der Waals surface area contributed by atoms with Gasteiger partial charge >= 0.3 is 0 Å². The Labute approximate surface area is 152 Å². The van der Waals surface area contributed by atoms with E-state index in [9.17, 15) is 4.79 Å². The van der Waals surface area contributed by atoms with Crippen molar-refractivity contribution in [2.24, 2.45) is 0 Å². The molecule has 26 heavy (non-hydrogen) atoms. The SMILES string of the molecule is O=C(NCc1ccccn1)c1ccc(N2CCC3(CC2)OCCO3)nc1. The highest BCUT2D eigenvalue weighted by Gasteiger charge is 2.39. The standard InChI is InChI=1S/C19H22N4O3/c24-18(22-14-16-3-1-2-8-20-16)15-4-5-17(21-13-15)23-9-6-19(7-10-23)25-11-12-26-19/h1-5,8,13H,6-7,9-12,14H2,(H,22,24). The number of rotatable bonds is 4. The van der Waals surface area contributed by atoms with E-state index in [-0.39, 0.29) is 11.7 Å². The van der Waals surface area contributed by atoms with Crippen LogP contribution in [0.15, 0.2) is 42.7 Å². The molecule has 4 heterocycles. The number of pyridine rings is 2. The van der Waals surface area contributed by atoms with Gasteiger partial charge in [-0.25, -0.2) is 4.98 Å². The molecule has 0 unspecified atom stereocenters. The number of amides is 1. The molecule has 1 spiro atoms. The summed E-state index contributed by atoms with van der Waals surface area (Å²) in [6, 6.07) is 9.33. The van der Waals surface area contributed by atoms with E-state index in [1.807, 2.05) is 30.3 Å². The van der Waals surface area contributed by atoms with Crippen molar-refractivity contribution in [2.75, 3.05) is 31.2 Å². The summed E-state index contributed by atoms with van der Waals surface area (Å²) in [7, 11) is 0. The predicted octanol–water partition coefficient (Wildman–Crippen LogP) is 1.75. The molecule has 0 aliphatic carbocycles. The number of hydrogen-bond donors (Lipinski definition) is 1.